The molecule has 3 heterocycles. The summed E-state index contributed by atoms with van der Waals surface area (Å²) in [4.78, 5) is 21.2. The highest BCUT2D eigenvalue weighted by molar-refractivity contribution is 7.07. The lowest BCUT2D eigenvalue weighted by Crippen LogP contribution is -2.41. The number of amides is 1. The second-order valence-electron chi connectivity index (χ2n) is 6.61. The molecule has 0 aliphatic carbocycles. The van der Waals surface area contributed by atoms with Crippen molar-refractivity contribution in [1.29, 1.82) is 0 Å². The monoisotopic (exact) mass is 359 g/mol. The van der Waals surface area contributed by atoms with Crippen LogP contribution in [0, 0.1) is 5.92 Å². The van der Waals surface area contributed by atoms with Crippen LogP contribution in [0.15, 0.2) is 35.2 Å². The zero-order valence-electron chi connectivity index (χ0n) is 14.9. The fourth-order valence-corrected chi connectivity index (χ4v) is 3.94. The molecule has 3 rings (SSSR count). The van der Waals surface area contributed by atoms with Crippen LogP contribution in [-0.2, 0) is 11.3 Å². The normalized spacial score (nSPS) is 17.5. The number of carbonyl (C=O) groups excluding carboxylic acids is 1. The molecule has 1 fully saturated rings. The molecule has 1 amide bonds. The van der Waals surface area contributed by atoms with E-state index < -0.39 is 0 Å². The SMILES string of the molecule is COC[C@@H]1CCCN(C(=O)c2ccc(N(C)Cc3ccsc3)nc2)C1. The number of likely N-dealkylation sites (tertiary alicyclic amines) is 1. The van der Waals surface area contributed by atoms with Gasteiger partial charge in [0.05, 0.1) is 12.2 Å². The van der Waals surface area contributed by atoms with Crippen molar-refractivity contribution in [2.75, 3.05) is 38.8 Å². The van der Waals surface area contributed by atoms with Crippen LogP contribution in [-0.4, -0.2) is 49.6 Å². The van der Waals surface area contributed by atoms with Crippen molar-refractivity contribution in [2.45, 2.75) is 19.4 Å². The van der Waals surface area contributed by atoms with Crippen molar-refractivity contribution in [3.05, 3.63) is 46.3 Å². The lowest BCUT2D eigenvalue weighted by atomic mass is 9.98. The summed E-state index contributed by atoms with van der Waals surface area (Å²) < 4.78 is 5.25. The summed E-state index contributed by atoms with van der Waals surface area (Å²) in [6.45, 7) is 3.12. The third kappa shape index (κ3) is 4.58. The highest BCUT2D eigenvalue weighted by Crippen LogP contribution is 2.20. The molecular formula is C19H25N3O2S. The zero-order valence-corrected chi connectivity index (χ0v) is 15.7. The van der Waals surface area contributed by atoms with Crippen LogP contribution in [0.2, 0.25) is 0 Å². The third-order valence-electron chi connectivity index (χ3n) is 4.59. The highest BCUT2D eigenvalue weighted by Gasteiger charge is 2.24. The fourth-order valence-electron chi connectivity index (χ4n) is 3.28. The number of carbonyl (C=O) groups is 1. The van der Waals surface area contributed by atoms with Gasteiger partial charge >= 0.3 is 0 Å². The molecule has 0 bridgehead atoms. The van der Waals surface area contributed by atoms with Crippen LogP contribution in [0.1, 0.15) is 28.8 Å². The van der Waals surface area contributed by atoms with Crippen LogP contribution in [0.4, 0.5) is 5.82 Å². The van der Waals surface area contributed by atoms with E-state index >= 15 is 0 Å². The highest BCUT2D eigenvalue weighted by atomic mass is 32.1. The van der Waals surface area contributed by atoms with Crippen molar-refractivity contribution >= 4 is 23.1 Å². The van der Waals surface area contributed by atoms with E-state index in [1.165, 1.54) is 5.56 Å². The Balaban J connectivity index is 1.62. The number of hydrogen-bond donors (Lipinski definition) is 0. The second-order valence-corrected chi connectivity index (χ2v) is 7.39. The number of nitrogens with zero attached hydrogens (tertiary/aromatic N) is 3. The third-order valence-corrected chi connectivity index (χ3v) is 5.33. The number of rotatable bonds is 6. The van der Waals surface area contributed by atoms with Crippen LogP contribution in [0.25, 0.3) is 0 Å². The van der Waals surface area contributed by atoms with Gasteiger partial charge in [-0.25, -0.2) is 4.98 Å². The van der Waals surface area contributed by atoms with Gasteiger partial charge in [-0.2, -0.15) is 11.3 Å². The van der Waals surface area contributed by atoms with E-state index in [1.807, 2.05) is 24.1 Å². The summed E-state index contributed by atoms with van der Waals surface area (Å²) in [5.41, 5.74) is 1.93. The van der Waals surface area contributed by atoms with E-state index in [2.05, 4.69) is 26.7 Å². The number of methoxy groups -OCH3 is 1. The minimum atomic E-state index is 0.0698. The Kier molecular flexibility index (Phi) is 6.04. The molecule has 6 heteroatoms. The molecule has 1 aliphatic rings. The van der Waals surface area contributed by atoms with Crippen molar-refractivity contribution in [3.63, 3.8) is 0 Å². The minimum Gasteiger partial charge on any atom is -0.384 e. The number of ether oxygens (including phenoxy) is 1. The van der Waals surface area contributed by atoms with Gasteiger partial charge in [-0.05, 0) is 53.3 Å². The Morgan fingerprint density at radius 2 is 2.32 bits per heavy atom. The Morgan fingerprint density at radius 3 is 3.00 bits per heavy atom. The molecule has 25 heavy (non-hydrogen) atoms. The van der Waals surface area contributed by atoms with E-state index in [1.54, 1.807) is 24.6 Å². The average molecular weight is 359 g/mol. The molecule has 1 aliphatic heterocycles. The van der Waals surface area contributed by atoms with E-state index in [0.717, 1.165) is 38.3 Å². The molecule has 5 nitrogen and oxygen atoms in total. The lowest BCUT2D eigenvalue weighted by molar-refractivity contribution is 0.0570. The number of thiophene rings is 1. The van der Waals surface area contributed by atoms with Crippen molar-refractivity contribution in [3.8, 4) is 0 Å². The molecule has 0 N–H and O–H groups in total. The molecule has 1 saturated heterocycles. The summed E-state index contributed by atoms with van der Waals surface area (Å²) in [6, 6.07) is 5.93. The fraction of sp³-hybridized carbons (Fsp3) is 0.474. The molecule has 2 aromatic rings. The zero-order chi connectivity index (χ0) is 17.6. The van der Waals surface area contributed by atoms with Crippen LogP contribution in [0.3, 0.4) is 0 Å². The summed E-state index contributed by atoms with van der Waals surface area (Å²) in [5, 5.41) is 4.22. The van der Waals surface area contributed by atoms with Gasteiger partial charge in [0.2, 0.25) is 0 Å². The van der Waals surface area contributed by atoms with Gasteiger partial charge < -0.3 is 14.5 Å². The first-order valence-electron chi connectivity index (χ1n) is 8.64. The minimum absolute atomic E-state index is 0.0698. The maximum atomic E-state index is 12.7. The summed E-state index contributed by atoms with van der Waals surface area (Å²) in [7, 11) is 3.73. The van der Waals surface area contributed by atoms with Crippen LogP contribution < -0.4 is 4.90 Å². The molecule has 0 radical (unpaired) electrons. The molecule has 134 valence electrons. The van der Waals surface area contributed by atoms with Gasteiger partial charge in [0.25, 0.3) is 5.91 Å². The van der Waals surface area contributed by atoms with Crippen LogP contribution in [0.5, 0.6) is 0 Å². The Morgan fingerprint density at radius 1 is 1.44 bits per heavy atom. The van der Waals surface area contributed by atoms with Crippen molar-refractivity contribution in [1.82, 2.24) is 9.88 Å². The van der Waals surface area contributed by atoms with Gasteiger partial charge in [0.1, 0.15) is 5.82 Å². The van der Waals surface area contributed by atoms with Crippen molar-refractivity contribution < 1.29 is 9.53 Å². The quantitative estimate of drug-likeness (QED) is 0.794. The molecule has 0 aromatic carbocycles. The van der Waals surface area contributed by atoms with E-state index in [4.69, 9.17) is 4.74 Å². The number of pyridine rings is 1. The first-order valence-corrected chi connectivity index (χ1v) is 9.58. The predicted molar refractivity (Wildman–Crippen MR) is 101 cm³/mol. The summed E-state index contributed by atoms with van der Waals surface area (Å²) in [6.07, 6.45) is 3.86. The van der Waals surface area contributed by atoms with Gasteiger partial charge in [0, 0.05) is 40.0 Å². The van der Waals surface area contributed by atoms with Crippen molar-refractivity contribution in [2.24, 2.45) is 5.92 Å². The number of aromatic nitrogens is 1. The molecule has 0 saturated carbocycles. The predicted octanol–water partition coefficient (Wildman–Crippen LogP) is 3.28. The van der Waals surface area contributed by atoms with Gasteiger partial charge in [-0.15, -0.1) is 0 Å². The maximum absolute atomic E-state index is 12.7. The average Bonchev–Trinajstić information content (AvgIpc) is 3.15. The number of piperidine rings is 1. The standard InChI is InChI=1S/C19H25N3O2S/c1-21(11-16-7-9-25-14-16)18-6-5-17(10-20-18)19(23)22-8-3-4-15(12-22)13-24-2/h5-7,9-10,14-15H,3-4,8,11-13H2,1-2H3/t15-/m1/s1. The largest absolute Gasteiger partial charge is 0.384 e. The molecule has 0 spiro atoms. The number of anilines is 1. The maximum Gasteiger partial charge on any atom is 0.255 e. The molecular weight excluding hydrogens is 334 g/mol. The molecule has 0 unspecified atom stereocenters. The first-order chi connectivity index (χ1) is 12.2. The molecule has 1 atom stereocenters. The summed E-state index contributed by atoms with van der Waals surface area (Å²) >= 11 is 1.70. The topological polar surface area (TPSA) is 45.7 Å². The van der Waals surface area contributed by atoms with E-state index in [-0.39, 0.29) is 5.91 Å². The van der Waals surface area contributed by atoms with Gasteiger partial charge in [0.15, 0.2) is 0 Å². The Bertz CT molecular complexity index is 670. The molecule has 2 aromatic heterocycles. The van der Waals surface area contributed by atoms with E-state index in [9.17, 15) is 4.79 Å². The van der Waals surface area contributed by atoms with E-state index in [0.29, 0.717) is 18.1 Å². The van der Waals surface area contributed by atoms with Gasteiger partial charge in [-0.3, -0.25) is 4.79 Å². The smallest absolute Gasteiger partial charge is 0.255 e. The summed E-state index contributed by atoms with van der Waals surface area (Å²) in [5.74, 6) is 1.38. The second kappa shape index (κ2) is 8.45. The lowest BCUT2D eigenvalue weighted by Gasteiger charge is -2.32. The Labute approximate surface area is 153 Å². The Hall–Kier alpha value is -1.92. The number of hydrogen-bond acceptors (Lipinski definition) is 5. The van der Waals surface area contributed by atoms with Gasteiger partial charge in [-0.1, -0.05) is 0 Å². The first kappa shape index (κ1) is 17.9. The van der Waals surface area contributed by atoms with Crippen LogP contribution >= 0.6 is 11.3 Å².